The Morgan fingerprint density at radius 2 is 1.81 bits per heavy atom. The van der Waals surface area contributed by atoms with Gasteiger partial charge in [-0.05, 0) is 37.0 Å². The summed E-state index contributed by atoms with van der Waals surface area (Å²) < 4.78 is 15.8. The van der Waals surface area contributed by atoms with Gasteiger partial charge in [-0.25, -0.2) is 0 Å². The van der Waals surface area contributed by atoms with Crippen LogP contribution in [0, 0.1) is 5.92 Å². The molecule has 0 unspecified atom stereocenters. The number of thiocarbonyl (C=S) groups is 1. The summed E-state index contributed by atoms with van der Waals surface area (Å²) in [4.78, 5) is 37.9. The second-order valence-corrected chi connectivity index (χ2v) is 8.57. The van der Waals surface area contributed by atoms with Crippen molar-refractivity contribution >= 4 is 46.1 Å². The number of nitrogens with zero attached hydrogens (tertiary/aromatic N) is 1. The first kappa shape index (κ1) is 24.7. The standard InChI is InChI=1S/C20H27N3O6S2/c1-13-6-8-23(9-7-13)20(30)31-12-18(25)29-11-17(24)21-22-19(26)14-4-5-15(27-2)16(10-14)28-3/h4-5,10,13H,6-9,11-12H2,1-3H3,(H,21,24)(H,22,26). The summed E-state index contributed by atoms with van der Waals surface area (Å²) in [6, 6.07) is 4.57. The number of ether oxygens (including phenoxy) is 3. The van der Waals surface area contributed by atoms with Crippen molar-refractivity contribution < 1.29 is 28.6 Å². The molecule has 11 heteroatoms. The molecule has 170 valence electrons. The Hall–Kier alpha value is -2.53. The molecule has 2 N–H and O–H groups in total. The van der Waals surface area contributed by atoms with E-state index in [1.54, 1.807) is 6.07 Å². The second kappa shape index (κ2) is 12.4. The zero-order valence-electron chi connectivity index (χ0n) is 17.8. The van der Waals surface area contributed by atoms with Crippen LogP contribution in [0.25, 0.3) is 0 Å². The first-order valence-electron chi connectivity index (χ1n) is 9.72. The molecule has 2 rings (SSSR count). The van der Waals surface area contributed by atoms with E-state index in [0.29, 0.717) is 21.7 Å². The third-order valence-electron chi connectivity index (χ3n) is 4.68. The highest BCUT2D eigenvalue weighted by Gasteiger charge is 2.19. The van der Waals surface area contributed by atoms with Crippen molar-refractivity contribution in [3.63, 3.8) is 0 Å². The number of hydrogen-bond acceptors (Lipinski definition) is 8. The maximum Gasteiger partial charge on any atom is 0.316 e. The van der Waals surface area contributed by atoms with E-state index in [1.807, 2.05) is 0 Å². The number of thioether (sulfide) groups is 1. The normalized spacial score (nSPS) is 13.8. The van der Waals surface area contributed by atoms with Crippen molar-refractivity contribution in [1.29, 1.82) is 0 Å². The molecule has 1 aliphatic rings. The number of carbonyl (C=O) groups is 3. The lowest BCUT2D eigenvalue weighted by Crippen LogP contribution is -2.43. The summed E-state index contributed by atoms with van der Waals surface area (Å²) in [5.74, 6) is -0.209. The maximum absolute atomic E-state index is 12.2. The van der Waals surface area contributed by atoms with Gasteiger partial charge >= 0.3 is 5.97 Å². The van der Waals surface area contributed by atoms with E-state index in [0.717, 1.165) is 25.9 Å². The van der Waals surface area contributed by atoms with Crippen LogP contribution in [0.5, 0.6) is 11.5 Å². The number of nitrogens with one attached hydrogen (secondary N) is 2. The topological polar surface area (TPSA) is 106 Å². The Labute approximate surface area is 191 Å². The number of piperidine rings is 1. The summed E-state index contributed by atoms with van der Waals surface area (Å²) in [6.07, 6.45) is 2.17. The molecule has 0 saturated carbocycles. The van der Waals surface area contributed by atoms with Crippen LogP contribution in [-0.4, -0.2) is 66.7 Å². The van der Waals surface area contributed by atoms with Crippen LogP contribution < -0.4 is 20.3 Å². The van der Waals surface area contributed by atoms with Gasteiger partial charge in [0, 0.05) is 18.7 Å². The van der Waals surface area contributed by atoms with Gasteiger partial charge in [0.15, 0.2) is 18.1 Å². The Bertz CT molecular complexity index is 812. The molecule has 1 heterocycles. The largest absolute Gasteiger partial charge is 0.493 e. The summed E-state index contributed by atoms with van der Waals surface area (Å²) in [5, 5.41) is 0. The quantitative estimate of drug-likeness (QED) is 0.351. The molecule has 1 aliphatic heterocycles. The average molecular weight is 470 g/mol. The summed E-state index contributed by atoms with van der Waals surface area (Å²) in [6.45, 7) is 3.49. The zero-order chi connectivity index (χ0) is 22.8. The van der Waals surface area contributed by atoms with Gasteiger partial charge in [-0.15, -0.1) is 0 Å². The predicted octanol–water partition coefficient (Wildman–Crippen LogP) is 1.76. The summed E-state index contributed by atoms with van der Waals surface area (Å²) in [5.41, 5.74) is 4.70. The van der Waals surface area contributed by atoms with Crippen LogP contribution >= 0.6 is 24.0 Å². The molecule has 31 heavy (non-hydrogen) atoms. The zero-order valence-corrected chi connectivity index (χ0v) is 19.4. The number of hydrogen-bond donors (Lipinski definition) is 2. The monoisotopic (exact) mass is 469 g/mol. The van der Waals surface area contributed by atoms with Gasteiger partial charge in [0.05, 0.1) is 20.0 Å². The molecule has 1 fully saturated rings. The molecule has 0 bridgehead atoms. The van der Waals surface area contributed by atoms with E-state index in [-0.39, 0.29) is 11.3 Å². The van der Waals surface area contributed by atoms with Crippen molar-refractivity contribution in [2.75, 3.05) is 39.7 Å². The van der Waals surface area contributed by atoms with E-state index in [2.05, 4.69) is 22.7 Å². The fraction of sp³-hybridized carbons (Fsp3) is 0.500. The molecule has 0 aliphatic carbocycles. The molecule has 1 aromatic rings. The molecule has 0 atom stereocenters. The highest BCUT2D eigenvalue weighted by molar-refractivity contribution is 8.23. The van der Waals surface area contributed by atoms with E-state index in [1.165, 1.54) is 38.1 Å². The van der Waals surface area contributed by atoms with Crippen molar-refractivity contribution in [1.82, 2.24) is 15.8 Å². The minimum atomic E-state index is -0.667. The lowest BCUT2D eigenvalue weighted by Gasteiger charge is -2.31. The number of benzene rings is 1. The number of likely N-dealkylation sites (tertiary alicyclic amines) is 1. The third-order valence-corrected chi connectivity index (χ3v) is 6.18. The average Bonchev–Trinajstić information content (AvgIpc) is 2.79. The molecule has 1 saturated heterocycles. The minimum Gasteiger partial charge on any atom is -0.493 e. The molecular weight excluding hydrogens is 442 g/mol. The van der Waals surface area contributed by atoms with Crippen molar-refractivity contribution in [2.24, 2.45) is 5.92 Å². The highest BCUT2D eigenvalue weighted by atomic mass is 32.2. The second-order valence-electron chi connectivity index (χ2n) is 6.96. The van der Waals surface area contributed by atoms with Crippen LogP contribution in [0.2, 0.25) is 0 Å². The number of rotatable bonds is 7. The van der Waals surface area contributed by atoms with Gasteiger partial charge in [0.1, 0.15) is 4.32 Å². The van der Waals surface area contributed by atoms with Crippen molar-refractivity contribution in [3.8, 4) is 11.5 Å². The van der Waals surface area contributed by atoms with Crippen LogP contribution in [0.1, 0.15) is 30.1 Å². The fourth-order valence-corrected chi connectivity index (χ4v) is 3.85. The molecule has 0 aromatic heterocycles. The first-order valence-corrected chi connectivity index (χ1v) is 11.1. The molecule has 0 radical (unpaired) electrons. The molecule has 1 aromatic carbocycles. The number of carbonyl (C=O) groups excluding carboxylic acids is 3. The summed E-state index contributed by atoms with van der Waals surface area (Å²) >= 11 is 6.58. The number of esters is 1. The van der Waals surface area contributed by atoms with Gasteiger partial charge in [-0.2, -0.15) is 0 Å². The van der Waals surface area contributed by atoms with Crippen molar-refractivity contribution in [3.05, 3.63) is 23.8 Å². The van der Waals surface area contributed by atoms with Gasteiger partial charge in [0.2, 0.25) is 0 Å². The molecule has 9 nitrogen and oxygen atoms in total. The smallest absolute Gasteiger partial charge is 0.316 e. The Morgan fingerprint density at radius 1 is 1.13 bits per heavy atom. The molecule has 0 spiro atoms. The Balaban J connectivity index is 1.67. The minimum absolute atomic E-state index is 0.0240. The highest BCUT2D eigenvalue weighted by Crippen LogP contribution is 2.27. The number of amides is 2. The Morgan fingerprint density at radius 3 is 2.45 bits per heavy atom. The van der Waals surface area contributed by atoms with E-state index in [9.17, 15) is 14.4 Å². The number of hydrazine groups is 1. The molecule has 2 amide bonds. The van der Waals surface area contributed by atoms with Crippen LogP contribution in [0.3, 0.4) is 0 Å². The predicted molar refractivity (Wildman–Crippen MR) is 121 cm³/mol. The van der Waals surface area contributed by atoms with E-state index < -0.39 is 24.4 Å². The van der Waals surface area contributed by atoms with E-state index >= 15 is 0 Å². The fourth-order valence-electron chi connectivity index (χ4n) is 2.80. The van der Waals surface area contributed by atoms with Gasteiger partial charge in [-0.1, -0.05) is 30.9 Å². The Kier molecular flexibility index (Phi) is 9.86. The van der Waals surface area contributed by atoms with Gasteiger partial charge in [-0.3, -0.25) is 25.2 Å². The molecular formula is C20H27N3O6S2. The summed E-state index contributed by atoms with van der Waals surface area (Å²) in [7, 11) is 2.94. The van der Waals surface area contributed by atoms with Gasteiger partial charge in [0.25, 0.3) is 11.8 Å². The lowest BCUT2D eigenvalue weighted by molar-refractivity contribution is -0.146. The van der Waals surface area contributed by atoms with Crippen LogP contribution in [-0.2, 0) is 14.3 Å². The van der Waals surface area contributed by atoms with Gasteiger partial charge < -0.3 is 19.1 Å². The SMILES string of the molecule is COc1ccc(C(=O)NNC(=O)COC(=O)CSC(=S)N2CCC(C)CC2)cc1OC. The number of methoxy groups -OCH3 is 2. The van der Waals surface area contributed by atoms with Crippen molar-refractivity contribution in [2.45, 2.75) is 19.8 Å². The third kappa shape index (κ3) is 7.91. The maximum atomic E-state index is 12.2. The van der Waals surface area contributed by atoms with E-state index in [4.69, 9.17) is 26.4 Å². The van der Waals surface area contributed by atoms with Crippen LogP contribution in [0.4, 0.5) is 0 Å². The first-order chi connectivity index (χ1) is 14.8. The van der Waals surface area contributed by atoms with Crippen LogP contribution in [0.15, 0.2) is 18.2 Å². The lowest BCUT2D eigenvalue weighted by atomic mass is 10.00.